The molecule has 0 saturated heterocycles. The molecule has 0 spiro atoms. The third-order valence-electron chi connectivity index (χ3n) is 4.01. The van der Waals surface area contributed by atoms with Crippen molar-refractivity contribution in [3.63, 3.8) is 0 Å². The zero-order chi connectivity index (χ0) is 24.3. The van der Waals surface area contributed by atoms with Gasteiger partial charge in [-0.25, -0.2) is 15.1 Å². The molecular weight excluding hydrogens is 480 g/mol. The predicted octanol–water partition coefficient (Wildman–Crippen LogP) is 1.54. The third-order valence-corrected chi connectivity index (χ3v) is 5.79. The molecule has 0 saturated carbocycles. The summed E-state index contributed by atoms with van der Waals surface area (Å²) in [7, 11) is 0. The minimum Gasteiger partial charge on any atom is -0.481 e. The van der Waals surface area contributed by atoms with Gasteiger partial charge in [0.1, 0.15) is 0 Å². The first-order chi connectivity index (χ1) is 16.4. The molecule has 0 aliphatic heterocycles. The van der Waals surface area contributed by atoms with Crippen LogP contribution in [0.1, 0.15) is 30.4 Å². The normalized spacial score (nSPS) is 10.9. The zero-order valence-corrected chi connectivity index (χ0v) is 19.7. The van der Waals surface area contributed by atoms with Gasteiger partial charge in [0.2, 0.25) is 11.1 Å². The van der Waals surface area contributed by atoms with Crippen molar-refractivity contribution in [3.8, 4) is 0 Å². The second-order valence-electron chi connectivity index (χ2n) is 6.79. The van der Waals surface area contributed by atoms with E-state index in [2.05, 4.69) is 36.5 Å². The lowest BCUT2D eigenvalue weighted by Gasteiger charge is -2.09. The summed E-state index contributed by atoms with van der Waals surface area (Å²) in [6, 6.07) is 9.35. The van der Waals surface area contributed by atoms with Gasteiger partial charge in [-0.1, -0.05) is 42.1 Å². The Kier molecular flexibility index (Phi) is 9.11. The average Bonchev–Trinajstić information content (AvgIpc) is 3.40. The van der Waals surface area contributed by atoms with Gasteiger partial charge in [0.05, 0.1) is 30.5 Å². The highest BCUT2D eigenvalue weighted by Crippen LogP contribution is 2.20. The van der Waals surface area contributed by atoms with E-state index in [0.717, 1.165) is 17.3 Å². The second kappa shape index (κ2) is 12.5. The van der Waals surface area contributed by atoms with Crippen LogP contribution in [0.25, 0.3) is 0 Å². The van der Waals surface area contributed by atoms with Gasteiger partial charge in [0, 0.05) is 18.8 Å². The molecule has 178 valence electrons. The smallest absolute Gasteiger partial charge is 0.305 e. The Hall–Kier alpha value is -3.78. The molecule has 0 bridgehead atoms. The third kappa shape index (κ3) is 7.97. The van der Waals surface area contributed by atoms with Crippen LogP contribution in [-0.4, -0.2) is 61.3 Å². The number of nitrogens with one attached hydrogen (secondary N) is 3. The SMILES string of the molecule is CC(=O)Nn1c(Cc2csc(NCCC(=O)O)n2)nnc1SCC(=O)N/N=C/c1ccccc1. The molecule has 12 nitrogen and oxygen atoms in total. The van der Waals surface area contributed by atoms with Gasteiger partial charge in [-0.2, -0.15) is 5.10 Å². The number of aliphatic carboxylic acids is 1. The van der Waals surface area contributed by atoms with Gasteiger partial charge in [0.15, 0.2) is 11.0 Å². The fraction of sp³-hybridized carbons (Fsp3) is 0.250. The summed E-state index contributed by atoms with van der Waals surface area (Å²) in [6.45, 7) is 1.62. The van der Waals surface area contributed by atoms with Crippen LogP contribution in [0.4, 0.5) is 5.13 Å². The number of carboxylic acid groups (broad SMARTS) is 1. The number of carbonyl (C=O) groups is 3. The van der Waals surface area contributed by atoms with Crippen LogP contribution in [0, 0.1) is 0 Å². The largest absolute Gasteiger partial charge is 0.481 e. The van der Waals surface area contributed by atoms with E-state index in [4.69, 9.17) is 5.11 Å². The number of hydrogen-bond donors (Lipinski definition) is 4. The second-order valence-corrected chi connectivity index (χ2v) is 8.59. The Morgan fingerprint density at radius 3 is 2.76 bits per heavy atom. The lowest BCUT2D eigenvalue weighted by Crippen LogP contribution is -2.24. The summed E-state index contributed by atoms with van der Waals surface area (Å²) in [5.41, 5.74) is 6.62. The minimum absolute atomic E-state index is 0.0121. The lowest BCUT2D eigenvalue weighted by atomic mass is 10.2. The number of nitrogens with zero attached hydrogens (tertiary/aromatic N) is 5. The molecule has 2 aromatic heterocycles. The Morgan fingerprint density at radius 1 is 1.24 bits per heavy atom. The number of rotatable bonds is 12. The fourth-order valence-corrected chi connectivity index (χ4v) is 4.01. The van der Waals surface area contributed by atoms with Crippen LogP contribution in [0.2, 0.25) is 0 Å². The van der Waals surface area contributed by atoms with Gasteiger partial charge in [-0.05, 0) is 5.56 Å². The maximum absolute atomic E-state index is 12.1. The van der Waals surface area contributed by atoms with E-state index in [0.29, 0.717) is 21.8 Å². The summed E-state index contributed by atoms with van der Waals surface area (Å²) in [6.07, 6.45) is 1.80. The van der Waals surface area contributed by atoms with Gasteiger partial charge in [0.25, 0.3) is 5.91 Å². The number of carboxylic acids is 1. The van der Waals surface area contributed by atoms with E-state index in [9.17, 15) is 14.4 Å². The van der Waals surface area contributed by atoms with Crippen LogP contribution in [0.5, 0.6) is 0 Å². The van der Waals surface area contributed by atoms with Crippen LogP contribution >= 0.6 is 23.1 Å². The number of aromatic nitrogens is 4. The summed E-state index contributed by atoms with van der Waals surface area (Å²) in [5, 5.41) is 26.5. The first-order valence-corrected chi connectivity index (χ1v) is 11.9. The molecule has 0 radical (unpaired) electrons. The molecule has 0 unspecified atom stereocenters. The van der Waals surface area contributed by atoms with Gasteiger partial charge in [-0.3, -0.25) is 19.8 Å². The molecule has 0 atom stereocenters. The number of hydrazone groups is 1. The van der Waals surface area contributed by atoms with Crippen LogP contribution in [0.15, 0.2) is 46.0 Å². The highest BCUT2D eigenvalue weighted by Gasteiger charge is 2.17. The molecule has 3 rings (SSSR count). The van der Waals surface area contributed by atoms with E-state index in [1.54, 1.807) is 11.6 Å². The van der Waals surface area contributed by atoms with Crippen LogP contribution < -0.4 is 16.2 Å². The number of benzene rings is 1. The molecule has 2 amide bonds. The minimum atomic E-state index is -0.894. The molecule has 34 heavy (non-hydrogen) atoms. The first-order valence-electron chi connectivity index (χ1n) is 10.0. The van der Waals surface area contributed by atoms with Crippen molar-refractivity contribution in [2.75, 3.05) is 23.0 Å². The van der Waals surface area contributed by atoms with Gasteiger partial charge in [-0.15, -0.1) is 21.5 Å². The van der Waals surface area contributed by atoms with Crippen molar-refractivity contribution < 1.29 is 19.5 Å². The Morgan fingerprint density at radius 2 is 2.03 bits per heavy atom. The van der Waals surface area contributed by atoms with E-state index in [1.807, 2.05) is 30.3 Å². The standard InChI is InChI=1S/C20H22N8O4S2/c1-13(29)27-28-16(9-15-11-33-19(23-15)21-8-7-18(31)32)24-26-20(28)34-12-17(30)25-22-10-14-5-3-2-4-6-14/h2-6,10-11H,7-9,12H2,1H3,(H,21,23)(H,25,30)(H,27,29)(H,31,32)/b22-10+. The molecule has 3 aromatic rings. The molecule has 0 fully saturated rings. The average molecular weight is 503 g/mol. The molecule has 4 N–H and O–H groups in total. The summed E-state index contributed by atoms with van der Waals surface area (Å²) in [4.78, 5) is 38.8. The highest BCUT2D eigenvalue weighted by molar-refractivity contribution is 7.99. The summed E-state index contributed by atoms with van der Waals surface area (Å²) >= 11 is 2.43. The Balaban J connectivity index is 1.58. The maximum Gasteiger partial charge on any atom is 0.305 e. The van der Waals surface area contributed by atoms with Gasteiger partial charge < -0.3 is 10.4 Å². The van der Waals surface area contributed by atoms with Crippen LogP contribution in [-0.2, 0) is 20.8 Å². The summed E-state index contributed by atoms with van der Waals surface area (Å²) < 4.78 is 1.42. The Labute approximate surface area is 202 Å². The van der Waals surface area contributed by atoms with Crippen molar-refractivity contribution in [3.05, 3.63) is 52.8 Å². The number of thioether (sulfide) groups is 1. The fourth-order valence-electron chi connectivity index (χ4n) is 2.57. The molecule has 14 heteroatoms. The predicted molar refractivity (Wildman–Crippen MR) is 129 cm³/mol. The number of hydrogen-bond acceptors (Lipinski definition) is 10. The van der Waals surface area contributed by atoms with E-state index >= 15 is 0 Å². The van der Waals surface area contributed by atoms with Crippen molar-refractivity contribution in [1.29, 1.82) is 0 Å². The van der Waals surface area contributed by atoms with Crippen molar-refractivity contribution in [2.24, 2.45) is 5.10 Å². The number of thiazole rings is 1. The quantitative estimate of drug-likeness (QED) is 0.163. The van der Waals surface area contributed by atoms with E-state index in [-0.39, 0.29) is 37.0 Å². The number of anilines is 1. The Bertz CT molecular complexity index is 1160. The van der Waals surface area contributed by atoms with Gasteiger partial charge >= 0.3 is 5.97 Å². The van der Waals surface area contributed by atoms with Crippen LogP contribution in [0.3, 0.4) is 0 Å². The molecule has 2 heterocycles. The van der Waals surface area contributed by atoms with Crippen molar-refractivity contribution in [2.45, 2.75) is 24.9 Å². The van der Waals surface area contributed by atoms with Crippen molar-refractivity contribution in [1.82, 2.24) is 25.3 Å². The van der Waals surface area contributed by atoms with E-state index in [1.165, 1.54) is 22.9 Å². The number of carbonyl (C=O) groups excluding carboxylic acids is 2. The molecule has 0 aliphatic rings. The highest BCUT2D eigenvalue weighted by atomic mass is 32.2. The monoisotopic (exact) mass is 502 g/mol. The zero-order valence-electron chi connectivity index (χ0n) is 18.1. The lowest BCUT2D eigenvalue weighted by molar-refractivity contribution is -0.136. The molecule has 0 aliphatic carbocycles. The molecule has 1 aromatic carbocycles. The number of amides is 2. The van der Waals surface area contributed by atoms with Crippen molar-refractivity contribution >= 4 is 52.2 Å². The molecular formula is C20H22N8O4S2. The topological polar surface area (TPSA) is 163 Å². The summed E-state index contributed by atoms with van der Waals surface area (Å²) in [5.74, 6) is -1.11. The van der Waals surface area contributed by atoms with E-state index < -0.39 is 5.97 Å². The maximum atomic E-state index is 12.1. The first kappa shape index (κ1) is 24.9.